The first-order valence-corrected chi connectivity index (χ1v) is 10.5. The SMILES string of the molecule is CCNC(=NCc1ccc(N2CCN(C)CC2)nc1)N1CC(C)CC(C)C1. The molecule has 1 aromatic rings. The molecule has 3 heterocycles. The summed E-state index contributed by atoms with van der Waals surface area (Å²) < 4.78 is 0. The Kier molecular flexibility index (Phi) is 6.94. The molecular weight excluding hydrogens is 336 g/mol. The lowest BCUT2D eigenvalue weighted by molar-refractivity contribution is 0.208. The Morgan fingerprint density at radius 2 is 1.85 bits per heavy atom. The summed E-state index contributed by atoms with van der Waals surface area (Å²) in [6.45, 7) is 14.9. The third kappa shape index (κ3) is 5.58. The molecule has 0 bridgehead atoms. The van der Waals surface area contributed by atoms with Crippen molar-refractivity contribution in [2.24, 2.45) is 16.8 Å². The maximum Gasteiger partial charge on any atom is 0.194 e. The second-order valence-corrected chi connectivity index (χ2v) is 8.34. The molecule has 2 unspecified atom stereocenters. The number of aromatic nitrogens is 1. The van der Waals surface area contributed by atoms with E-state index < -0.39 is 0 Å². The topological polar surface area (TPSA) is 47.0 Å². The molecular formula is C21H36N6. The van der Waals surface area contributed by atoms with Crippen molar-refractivity contribution in [2.45, 2.75) is 33.7 Å². The van der Waals surface area contributed by atoms with Gasteiger partial charge >= 0.3 is 0 Å². The van der Waals surface area contributed by atoms with E-state index in [0.29, 0.717) is 6.54 Å². The normalized spacial score (nSPS) is 25.0. The number of aliphatic imine (C=N–C) groups is 1. The van der Waals surface area contributed by atoms with Gasteiger partial charge in [-0.05, 0) is 43.9 Å². The molecule has 0 aliphatic carbocycles. The largest absolute Gasteiger partial charge is 0.357 e. The Labute approximate surface area is 164 Å². The van der Waals surface area contributed by atoms with Crippen molar-refractivity contribution in [3.05, 3.63) is 23.9 Å². The average molecular weight is 373 g/mol. The van der Waals surface area contributed by atoms with Crippen molar-refractivity contribution in [1.82, 2.24) is 20.1 Å². The molecule has 0 spiro atoms. The number of guanidine groups is 1. The number of nitrogens with zero attached hydrogens (tertiary/aromatic N) is 5. The lowest BCUT2D eigenvalue weighted by atomic mass is 9.92. The van der Waals surface area contributed by atoms with E-state index in [0.717, 1.165) is 69.4 Å². The smallest absolute Gasteiger partial charge is 0.194 e. The molecule has 0 aromatic carbocycles. The molecule has 150 valence electrons. The van der Waals surface area contributed by atoms with Crippen LogP contribution in [0, 0.1) is 11.8 Å². The molecule has 0 amide bonds. The molecule has 2 aliphatic rings. The Hall–Kier alpha value is -1.82. The van der Waals surface area contributed by atoms with Crippen molar-refractivity contribution in [2.75, 3.05) is 57.8 Å². The van der Waals surface area contributed by atoms with Crippen molar-refractivity contribution < 1.29 is 0 Å². The Balaban J connectivity index is 1.62. The van der Waals surface area contributed by atoms with Crippen LogP contribution in [0.4, 0.5) is 5.82 Å². The molecule has 1 N–H and O–H groups in total. The summed E-state index contributed by atoms with van der Waals surface area (Å²) in [5, 5.41) is 3.47. The number of hydrogen-bond acceptors (Lipinski definition) is 4. The standard InChI is InChI=1S/C21H36N6/c1-5-22-21(27-15-17(2)12-18(3)16-27)24-14-19-6-7-20(23-13-19)26-10-8-25(4)9-11-26/h6-7,13,17-18H,5,8-12,14-16H2,1-4H3,(H,22,24). The van der Waals surface area contributed by atoms with Gasteiger partial charge in [-0.2, -0.15) is 0 Å². The molecule has 27 heavy (non-hydrogen) atoms. The Bertz CT molecular complexity index is 596. The van der Waals surface area contributed by atoms with Crippen LogP contribution < -0.4 is 10.2 Å². The molecule has 0 radical (unpaired) electrons. The fraction of sp³-hybridized carbons (Fsp3) is 0.714. The zero-order chi connectivity index (χ0) is 19.2. The predicted octanol–water partition coefficient (Wildman–Crippen LogP) is 2.28. The summed E-state index contributed by atoms with van der Waals surface area (Å²) in [5.74, 6) is 3.57. The van der Waals surface area contributed by atoms with E-state index >= 15 is 0 Å². The number of piperidine rings is 1. The molecule has 2 saturated heterocycles. The number of nitrogens with one attached hydrogen (secondary N) is 1. The van der Waals surface area contributed by atoms with Crippen LogP contribution in [-0.2, 0) is 6.54 Å². The summed E-state index contributed by atoms with van der Waals surface area (Å²) >= 11 is 0. The fourth-order valence-corrected chi connectivity index (χ4v) is 4.16. The van der Waals surface area contributed by atoms with Crippen molar-refractivity contribution in [3.8, 4) is 0 Å². The summed E-state index contributed by atoms with van der Waals surface area (Å²) in [6.07, 6.45) is 3.30. The van der Waals surface area contributed by atoms with Gasteiger partial charge in [-0.1, -0.05) is 19.9 Å². The minimum Gasteiger partial charge on any atom is -0.357 e. The van der Waals surface area contributed by atoms with E-state index in [1.165, 1.54) is 12.0 Å². The van der Waals surface area contributed by atoms with E-state index in [-0.39, 0.29) is 0 Å². The first kappa shape index (κ1) is 19.9. The van der Waals surface area contributed by atoms with Gasteiger partial charge < -0.3 is 20.0 Å². The van der Waals surface area contributed by atoms with Gasteiger partial charge in [0.2, 0.25) is 0 Å². The zero-order valence-corrected chi connectivity index (χ0v) is 17.5. The highest BCUT2D eigenvalue weighted by Crippen LogP contribution is 2.21. The van der Waals surface area contributed by atoms with Gasteiger partial charge in [0.15, 0.2) is 5.96 Å². The highest BCUT2D eigenvalue weighted by atomic mass is 15.3. The first-order chi connectivity index (χ1) is 13.0. The quantitative estimate of drug-likeness (QED) is 0.649. The Morgan fingerprint density at radius 1 is 1.15 bits per heavy atom. The van der Waals surface area contributed by atoms with E-state index in [9.17, 15) is 0 Å². The summed E-state index contributed by atoms with van der Waals surface area (Å²) in [5.41, 5.74) is 1.17. The lowest BCUT2D eigenvalue weighted by Gasteiger charge is -2.37. The van der Waals surface area contributed by atoms with Crippen LogP contribution in [-0.4, -0.2) is 73.6 Å². The summed E-state index contributed by atoms with van der Waals surface area (Å²) in [6, 6.07) is 4.32. The van der Waals surface area contributed by atoms with Gasteiger partial charge in [-0.25, -0.2) is 9.98 Å². The van der Waals surface area contributed by atoms with Crippen molar-refractivity contribution >= 4 is 11.8 Å². The van der Waals surface area contributed by atoms with Gasteiger partial charge in [0.1, 0.15) is 5.82 Å². The monoisotopic (exact) mass is 372 g/mol. The van der Waals surface area contributed by atoms with Crippen LogP contribution in [0.5, 0.6) is 0 Å². The van der Waals surface area contributed by atoms with Crippen LogP contribution >= 0.6 is 0 Å². The van der Waals surface area contributed by atoms with Crippen LogP contribution in [0.15, 0.2) is 23.3 Å². The van der Waals surface area contributed by atoms with Crippen LogP contribution in [0.25, 0.3) is 0 Å². The second kappa shape index (κ2) is 9.40. The van der Waals surface area contributed by atoms with Gasteiger partial charge in [0.25, 0.3) is 0 Å². The number of pyridine rings is 1. The molecule has 6 nitrogen and oxygen atoms in total. The van der Waals surface area contributed by atoms with Gasteiger partial charge in [-0.3, -0.25) is 0 Å². The molecule has 1 aromatic heterocycles. The maximum atomic E-state index is 4.90. The molecule has 0 saturated carbocycles. The molecule has 6 heteroatoms. The van der Waals surface area contributed by atoms with Crippen molar-refractivity contribution in [1.29, 1.82) is 0 Å². The van der Waals surface area contributed by atoms with Gasteiger partial charge in [0, 0.05) is 52.0 Å². The van der Waals surface area contributed by atoms with Crippen LogP contribution in [0.1, 0.15) is 32.8 Å². The number of anilines is 1. The molecule has 2 atom stereocenters. The van der Waals surface area contributed by atoms with E-state index in [4.69, 9.17) is 9.98 Å². The Morgan fingerprint density at radius 3 is 2.44 bits per heavy atom. The minimum absolute atomic E-state index is 0.678. The summed E-state index contributed by atoms with van der Waals surface area (Å²) in [4.78, 5) is 16.8. The lowest BCUT2D eigenvalue weighted by Crippen LogP contribution is -2.48. The van der Waals surface area contributed by atoms with Gasteiger partial charge in [-0.15, -0.1) is 0 Å². The van der Waals surface area contributed by atoms with Crippen molar-refractivity contribution in [3.63, 3.8) is 0 Å². The highest BCUT2D eigenvalue weighted by molar-refractivity contribution is 5.80. The fourth-order valence-electron chi connectivity index (χ4n) is 4.16. The van der Waals surface area contributed by atoms with Crippen LogP contribution in [0.3, 0.4) is 0 Å². The molecule has 3 rings (SSSR count). The number of likely N-dealkylation sites (N-methyl/N-ethyl adjacent to an activating group) is 1. The van der Waals surface area contributed by atoms with E-state index in [1.54, 1.807) is 0 Å². The number of rotatable bonds is 4. The maximum absolute atomic E-state index is 4.90. The molecule has 2 fully saturated rings. The number of piperazine rings is 1. The highest BCUT2D eigenvalue weighted by Gasteiger charge is 2.24. The third-order valence-corrected chi connectivity index (χ3v) is 5.55. The predicted molar refractivity (Wildman–Crippen MR) is 113 cm³/mol. The van der Waals surface area contributed by atoms with E-state index in [2.05, 4.69) is 60.0 Å². The van der Waals surface area contributed by atoms with Gasteiger partial charge in [0.05, 0.1) is 6.54 Å². The minimum atomic E-state index is 0.678. The van der Waals surface area contributed by atoms with E-state index in [1.807, 2.05) is 6.20 Å². The average Bonchev–Trinajstić information content (AvgIpc) is 2.65. The second-order valence-electron chi connectivity index (χ2n) is 8.34. The number of likely N-dealkylation sites (tertiary alicyclic amines) is 1. The number of hydrogen-bond donors (Lipinski definition) is 1. The zero-order valence-electron chi connectivity index (χ0n) is 17.5. The van der Waals surface area contributed by atoms with Crippen LogP contribution in [0.2, 0.25) is 0 Å². The third-order valence-electron chi connectivity index (χ3n) is 5.55. The first-order valence-electron chi connectivity index (χ1n) is 10.5. The molecule has 2 aliphatic heterocycles. The summed E-state index contributed by atoms with van der Waals surface area (Å²) in [7, 11) is 2.18.